The number of fused-ring (bicyclic) bond motifs is 4. The maximum absolute atomic E-state index is 4.49. The fourth-order valence-electron chi connectivity index (χ4n) is 4.63. The van der Waals surface area contributed by atoms with Gasteiger partial charge in [0.2, 0.25) is 0 Å². The Kier molecular flexibility index (Phi) is 4.50. The molecular formula is C26H21BrN4. The van der Waals surface area contributed by atoms with E-state index in [1.54, 1.807) is 0 Å². The van der Waals surface area contributed by atoms with Gasteiger partial charge in [-0.1, -0.05) is 63.6 Å². The molecule has 0 amide bonds. The van der Waals surface area contributed by atoms with Crippen molar-refractivity contribution < 1.29 is 0 Å². The van der Waals surface area contributed by atoms with Crippen molar-refractivity contribution in [3.8, 4) is 11.4 Å². The lowest BCUT2D eigenvalue weighted by Crippen LogP contribution is -2.06. The van der Waals surface area contributed by atoms with Crippen LogP contribution in [0, 0.1) is 0 Å². The molecule has 5 heteroatoms. The van der Waals surface area contributed by atoms with Crippen LogP contribution in [0.5, 0.6) is 0 Å². The first-order chi connectivity index (χ1) is 15.3. The summed E-state index contributed by atoms with van der Waals surface area (Å²) >= 11 is 3.67. The average molecular weight is 469 g/mol. The van der Waals surface area contributed by atoms with Crippen LogP contribution in [0.1, 0.15) is 24.2 Å². The molecule has 0 spiro atoms. The predicted octanol–water partition coefficient (Wildman–Crippen LogP) is 6.52. The molecule has 1 aliphatic carbocycles. The number of hydrogen-bond acceptors (Lipinski definition) is 2. The highest BCUT2D eigenvalue weighted by atomic mass is 79.9. The minimum Gasteiger partial charge on any atom is -0.309 e. The van der Waals surface area contributed by atoms with Crippen LogP contribution in [0.3, 0.4) is 0 Å². The van der Waals surface area contributed by atoms with Gasteiger partial charge in [0.05, 0.1) is 28.1 Å². The van der Waals surface area contributed by atoms with E-state index in [1.165, 1.54) is 32.0 Å². The molecule has 5 aromatic rings. The summed E-state index contributed by atoms with van der Waals surface area (Å²) < 4.78 is 5.62. The monoisotopic (exact) mass is 468 g/mol. The van der Waals surface area contributed by atoms with E-state index < -0.39 is 0 Å². The minimum absolute atomic E-state index is 0.934. The molecule has 0 unspecified atom stereocenters. The number of allylic oxidation sites excluding steroid dienone is 2. The molecule has 0 fully saturated rings. The van der Waals surface area contributed by atoms with Gasteiger partial charge in [-0.25, -0.2) is 4.68 Å². The summed E-state index contributed by atoms with van der Waals surface area (Å²) in [5.74, 6) is 0. The molecule has 6 rings (SSSR count). The Morgan fingerprint density at radius 1 is 0.710 bits per heavy atom. The fourth-order valence-corrected chi connectivity index (χ4v) is 5.06. The molecule has 152 valence electrons. The first-order valence-corrected chi connectivity index (χ1v) is 11.5. The second kappa shape index (κ2) is 7.50. The van der Waals surface area contributed by atoms with Crippen molar-refractivity contribution in [2.45, 2.75) is 25.7 Å². The lowest BCUT2D eigenvalue weighted by molar-refractivity contribution is 0.754. The SMILES string of the molecule is Br/C1=C/CCc2nnn(-c3ccc(-n4c5ccccc5c5ccccc54)cc3)c2CC1. The van der Waals surface area contributed by atoms with E-state index in [-0.39, 0.29) is 0 Å². The first kappa shape index (κ1) is 18.6. The van der Waals surface area contributed by atoms with Gasteiger partial charge in [-0.15, -0.1) is 5.10 Å². The highest BCUT2D eigenvalue weighted by Crippen LogP contribution is 2.32. The molecule has 0 N–H and O–H groups in total. The molecule has 0 saturated heterocycles. The third-order valence-corrected chi connectivity index (χ3v) is 6.84. The Balaban J connectivity index is 1.44. The van der Waals surface area contributed by atoms with Crippen molar-refractivity contribution in [2.75, 3.05) is 0 Å². The van der Waals surface area contributed by atoms with Gasteiger partial charge in [0.25, 0.3) is 0 Å². The highest BCUT2D eigenvalue weighted by molar-refractivity contribution is 9.11. The molecule has 0 aliphatic heterocycles. The van der Waals surface area contributed by atoms with Crippen LogP contribution in [0.4, 0.5) is 0 Å². The molecule has 3 aromatic carbocycles. The summed E-state index contributed by atoms with van der Waals surface area (Å²) in [6.45, 7) is 0. The van der Waals surface area contributed by atoms with Gasteiger partial charge in [0.1, 0.15) is 0 Å². The Morgan fingerprint density at radius 2 is 1.35 bits per heavy atom. The zero-order chi connectivity index (χ0) is 20.8. The van der Waals surface area contributed by atoms with E-state index in [0.29, 0.717) is 0 Å². The standard InChI is InChI=1S/C26H21BrN4/c27-18-6-5-9-23-26(17-12-18)31(29-28-23)20-15-13-19(14-16-20)30-24-10-3-1-7-21(24)22-8-2-4-11-25(22)30/h1-4,6-8,10-11,13-16H,5,9,12,17H2/b18-6+. The van der Waals surface area contributed by atoms with Crippen LogP contribution in [0.15, 0.2) is 83.4 Å². The predicted molar refractivity (Wildman–Crippen MR) is 129 cm³/mol. The van der Waals surface area contributed by atoms with E-state index >= 15 is 0 Å². The van der Waals surface area contributed by atoms with Gasteiger partial charge >= 0.3 is 0 Å². The van der Waals surface area contributed by atoms with E-state index in [2.05, 4.69) is 110 Å². The number of halogens is 1. The maximum atomic E-state index is 4.49. The molecule has 0 bridgehead atoms. The number of aryl methyl sites for hydroxylation is 1. The molecule has 2 aromatic heterocycles. The number of nitrogens with zero attached hydrogens (tertiary/aromatic N) is 4. The Bertz CT molecular complexity index is 1390. The summed E-state index contributed by atoms with van der Waals surface area (Å²) in [5.41, 5.74) is 6.98. The number of aromatic nitrogens is 4. The van der Waals surface area contributed by atoms with Gasteiger partial charge < -0.3 is 4.57 Å². The van der Waals surface area contributed by atoms with Gasteiger partial charge in [-0.2, -0.15) is 0 Å². The summed E-state index contributed by atoms with van der Waals surface area (Å²) in [5, 5.41) is 11.5. The van der Waals surface area contributed by atoms with Crippen molar-refractivity contribution >= 4 is 37.7 Å². The third-order valence-electron chi connectivity index (χ3n) is 6.12. The molecule has 0 atom stereocenters. The van der Waals surface area contributed by atoms with Crippen molar-refractivity contribution in [1.82, 2.24) is 19.6 Å². The zero-order valence-electron chi connectivity index (χ0n) is 17.0. The largest absolute Gasteiger partial charge is 0.309 e. The quantitative estimate of drug-likeness (QED) is 0.295. The van der Waals surface area contributed by atoms with Crippen LogP contribution >= 0.6 is 15.9 Å². The van der Waals surface area contributed by atoms with Crippen LogP contribution < -0.4 is 0 Å². The summed E-state index contributed by atoms with van der Waals surface area (Å²) in [7, 11) is 0. The van der Waals surface area contributed by atoms with Gasteiger partial charge in [-0.05, 0) is 66.6 Å². The zero-order valence-corrected chi connectivity index (χ0v) is 18.6. The number of rotatable bonds is 2. The normalized spacial score (nSPS) is 16.0. The van der Waals surface area contributed by atoms with Crippen molar-refractivity contribution in [3.63, 3.8) is 0 Å². The number of benzene rings is 3. The van der Waals surface area contributed by atoms with Gasteiger partial charge in [0.15, 0.2) is 0 Å². The second-order valence-electron chi connectivity index (χ2n) is 7.97. The lowest BCUT2D eigenvalue weighted by atomic mass is 10.1. The van der Waals surface area contributed by atoms with E-state index in [9.17, 15) is 0 Å². The van der Waals surface area contributed by atoms with Crippen LogP contribution in [0.25, 0.3) is 33.2 Å². The first-order valence-electron chi connectivity index (χ1n) is 10.7. The van der Waals surface area contributed by atoms with Crippen LogP contribution in [0.2, 0.25) is 0 Å². The Hall–Kier alpha value is -3.18. The van der Waals surface area contributed by atoms with Crippen molar-refractivity contribution in [1.29, 1.82) is 0 Å². The second-order valence-corrected chi connectivity index (χ2v) is 8.99. The summed E-state index contributed by atoms with van der Waals surface area (Å²) in [6.07, 6.45) is 6.11. The van der Waals surface area contributed by atoms with Gasteiger partial charge in [0, 0.05) is 16.5 Å². The van der Waals surface area contributed by atoms with Gasteiger partial charge in [-0.3, -0.25) is 0 Å². The van der Waals surface area contributed by atoms with Crippen molar-refractivity contribution in [2.24, 2.45) is 0 Å². The topological polar surface area (TPSA) is 35.6 Å². The van der Waals surface area contributed by atoms with Crippen LogP contribution in [-0.4, -0.2) is 19.6 Å². The van der Waals surface area contributed by atoms with E-state index in [4.69, 9.17) is 0 Å². The molecule has 2 heterocycles. The lowest BCUT2D eigenvalue weighted by Gasteiger charge is -2.12. The third kappa shape index (κ3) is 3.12. The molecule has 4 nitrogen and oxygen atoms in total. The Labute approximate surface area is 188 Å². The summed E-state index contributed by atoms with van der Waals surface area (Å²) in [6, 6.07) is 25.9. The van der Waals surface area contributed by atoms with E-state index in [1.807, 2.05) is 4.68 Å². The maximum Gasteiger partial charge on any atom is 0.0867 e. The van der Waals surface area contributed by atoms with Crippen LogP contribution in [-0.2, 0) is 12.8 Å². The molecule has 0 radical (unpaired) electrons. The Morgan fingerprint density at radius 3 is 2.06 bits per heavy atom. The molecular weight excluding hydrogens is 448 g/mol. The van der Waals surface area contributed by atoms with E-state index in [0.717, 1.165) is 42.8 Å². The molecule has 31 heavy (non-hydrogen) atoms. The molecule has 0 saturated carbocycles. The van der Waals surface area contributed by atoms with Crippen molar-refractivity contribution in [3.05, 3.63) is 94.7 Å². The summed E-state index contributed by atoms with van der Waals surface area (Å²) in [4.78, 5) is 0. The average Bonchev–Trinajstić information content (AvgIpc) is 3.35. The highest BCUT2D eigenvalue weighted by Gasteiger charge is 2.17. The molecule has 1 aliphatic rings. The minimum atomic E-state index is 0.934. The number of hydrogen-bond donors (Lipinski definition) is 0. The number of para-hydroxylation sites is 2. The smallest absolute Gasteiger partial charge is 0.0867 e. The fraction of sp³-hybridized carbons (Fsp3) is 0.154.